The highest BCUT2D eigenvalue weighted by Gasteiger charge is 2.37. The molecule has 0 amide bonds. The Kier molecular flexibility index (Phi) is 7.43. The second-order valence-electron chi connectivity index (χ2n) is 2.65. The van der Waals surface area contributed by atoms with Crippen molar-refractivity contribution in [2.24, 2.45) is 11.5 Å². The van der Waals surface area contributed by atoms with Crippen LogP contribution in [0, 0.1) is 0 Å². The Labute approximate surface area is 80.7 Å². The fourth-order valence-electron chi connectivity index (χ4n) is 1.09. The molecule has 4 N–H and O–H groups in total. The van der Waals surface area contributed by atoms with Crippen LogP contribution in [-0.2, 0) is 13.3 Å². The molecule has 0 aliphatic rings. The van der Waals surface area contributed by atoms with Crippen molar-refractivity contribution in [1.82, 2.24) is 0 Å². The lowest BCUT2D eigenvalue weighted by atomic mass is 10.3. The molecule has 0 rings (SSSR count). The molecule has 0 bridgehead atoms. The fourth-order valence-corrected chi connectivity index (χ4v) is 2.98. The summed E-state index contributed by atoms with van der Waals surface area (Å²) in [4.78, 5) is 0. The molecule has 0 aliphatic heterocycles. The molecule has 6 heteroatoms. The SMILES string of the molecule is CO[Si](CCCCN)(OC)OCN. The largest absolute Gasteiger partial charge is 0.501 e. The van der Waals surface area contributed by atoms with E-state index in [2.05, 4.69) is 0 Å². The molecule has 0 aromatic rings. The minimum atomic E-state index is -2.46. The van der Waals surface area contributed by atoms with Crippen molar-refractivity contribution >= 4 is 8.80 Å². The van der Waals surface area contributed by atoms with Gasteiger partial charge in [-0.1, -0.05) is 0 Å². The Balaban J connectivity index is 3.89. The second kappa shape index (κ2) is 7.42. The standard InChI is InChI=1S/C7H20N2O3Si/c1-10-13(11-2,12-7-9)6-4-3-5-8/h3-9H2,1-2H3. The molecule has 0 aliphatic carbocycles. The van der Waals surface area contributed by atoms with Crippen molar-refractivity contribution < 1.29 is 13.3 Å². The van der Waals surface area contributed by atoms with Crippen molar-refractivity contribution in [2.75, 3.05) is 27.5 Å². The monoisotopic (exact) mass is 208 g/mol. The zero-order valence-electron chi connectivity index (χ0n) is 8.41. The van der Waals surface area contributed by atoms with Gasteiger partial charge in [-0.25, -0.2) is 0 Å². The van der Waals surface area contributed by atoms with Gasteiger partial charge in [-0.05, 0) is 19.4 Å². The predicted octanol–water partition coefficient (Wildman–Crippen LogP) is -0.110. The first-order chi connectivity index (χ1) is 6.24. The predicted molar refractivity (Wildman–Crippen MR) is 53.0 cm³/mol. The van der Waals surface area contributed by atoms with Crippen molar-refractivity contribution in [1.29, 1.82) is 0 Å². The molecule has 0 heterocycles. The summed E-state index contributed by atoms with van der Waals surface area (Å²) in [6, 6.07) is 0.772. The van der Waals surface area contributed by atoms with E-state index in [-0.39, 0.29) is 6.73 Å². The topological polar surface area (TPSA) is 79.7 Å². The highest BCUT2D eigenvalue weighted by atomic mass is 28.4. The number of hydrogen-bond donors (Lipinski definition) is 2. The zero-order valence-corrected chi connectivity index (χ0v) is 9.41. The second-order valence-corrected chi connectivity index (χ2v) is 5.62. The Morgan fingerprint density at radius 1 is 1.08 bits per heavy atom. The summed E-state index contributed by atoms with van der Waals surface area (Å²) >= 11 is 0. The Morgan fingerprint density at radius 3 is 2.08 bits per heavy atom. The molecular formula is C7H20N2O3Si. The normalized spacial score (nSPS) is 12.0. The lowest BCUT2D eigenvalue weighted by Crippen LogP contribution is -2.45. The van der Waals surface area contributed by atoms with E-state index in [1.54, 1.807) is 14.2 Å². The minimum Gasteiger partial charge on any atom is -0.377 e. The van der Waals surface area contributed by atoms with Crippen LogP contribution in [0.5, 0.6) is 0 Å². The van der Waals surface area contributed by atoms with Crippen molar-refractivity contribution in [3.05, 3.63) is 0 Å². The van der Waals surface area contributed by atoms with E-state index in [4.69, 9.17) is 24.7 Å². The molecule has 0 spiro atoms. The summed E-state index contributed by atoms with van der Waals surface area (Å²) < 4.78 is 15.8. The summed E-state index contributed by atoms with van der Waals surface area (Å²) in [5, 5.41) is 0. The first-order valence-corrected chi connectivity index (χ1v) is 6.32. The van der Waals surface area contributed by atoms with Gasteiger partial charge in [0.05, 0.1) is 6.73 Å². The maximum Gasteiger partial charge on any atom is 0.501 e. The van der Waals surface area contributed by atoms with Gasteiger partial charge in [-0.2, -0.15) is 0 Å². The summed E-state index contributed by atoms with van der Waals surface area (Å²) in [6.45, 7) is 0.817. The van der Waals surface area contributed by atoms with Crippen LogP contribution in [0.2, 0.25) is 6.04 Å². The van der Waals surface area contributed by atoms with Gasteiger partial charge in [0.2, 0.25) is 0 Å². The van der Waals surface area contributed by atoms with E-state index in [0.717, 1.165) is 18.9 Å². The van der Waals surface area contributed by atoms with E-state index < -0.39 is 8.80 Å². The lowest BCUT2D eigenvalue weighted by molar-refractivity contribution is 0.100. The molecule has 0 unspecified atom stereocenters. The van der Waals surface area contributed by atoms with E-state index in [1.807, 2.05) is 0 Å². The highest BCUT2D eigenvalue weighted by molar-refractivity contribution is 6.60. The summed E-state index contributed by atoms with van der Waals surface area (Å²) in [5.41, 5.74) is 10.7. The van der Waals surface area contributed by atoms with E-state index in [9.17, 15) is 0 Å². The van der Waals surface area contributed by atoms with Crippen molar-refractivity contribution in [3.63, 3.8) is 0 Å². The Morgan fingerprint density at radius 2 is 1.69 bits per heavy atom. The van der Waals surface area contributed by atoms with Crippen LogP contribution in [0.25, 0.3) is 0 Å². The molecule has 0 atom stereocenters. The van der Waals surface area contributed by atoms with Gasteiger partial charge in [0, 0.05) is 20.3 Å². The smallest absolute Gasteiger partial charge is 0.377 e. The first kappa shape index (κ1) is 13.0. The molecule has 0 aromatic heterocycles. The first-order valence-electron chi connectivity index (χ1n) is 4.39. The maximum absolute atomic E-state index is 5.38. The van der Waals surface area contributed by atoms with Crippen molar-refractivity contribution in [3.8, 4) is 0 Å². The van der Waals surface area contributed by atoms with E-state index in [0.29, 0.717) is 6.54 Å². The fraction of sp³-hybridized carbons (Fsp3) is 1.00. The van der Waals surface area contributed by atoms with Crippen LogP contribution in [0.15, 0.2) is 0 Å². The molecule has 0 aromatic carbocycles. The number of nitrogens with two attached hydrogens (primary N) is 2. The Hall–Kier alpha value is 0.0169. The van der Waals surface area contributed by atoms with E-state index >= 15 is 0 Å². The van der Waals surface area contributed by atoms with Crippen LogP contribution < -0.4 is 11.5 Å². The lowest BCUT2D eigenvalue weighted by Gasteiger charge is -2.25. The van der Waals surface area contributed by atoms with Crippen LogP contribution in [0.1, 0.15) is 12.8 Å². The van der Waals surface area contributed by atoms with Crippen LogP contribution >= 0.6 is 0 Å². The average molecular weight is 208 g/mol. The quantitative estimate of drug-likeness (QED) is 0.330. The molecule has 0 radical (unpaired) electrons. The minimum absolute atomic E-state index is 0.135. The molecule has 13 heavy (non-hydrogen) atoms. The molecule has 0 fully saturated rings. The van der Waals surface area contributed by atoms with Crippen molar-refractivity contribution in [2.45, 2.75) is 18.9 Å². The molecule has 5 nitrogen and oxygen atoms in total. The molecule has 0 saturated heterocycles. The third kappa shape index (κ3) is 4.70. The van der Waals surface area contributed by atoms with E-state index in [1.165, 1.54) is 0 Å². The third-order valence-corrected chi connectivity index (χ3v) is 4.68. The highest BCUT2D eigenvalue weighted by Crippen LogP contribution is 2.16. The zero-order chi connectivity index (χ0) is 10.2. The average Bonchev–Trinajstić information content (AvgIpc) is 2.17. The van der Waals surface area contributed by atoms with Crippen LogP contribution in [0.4, 0.5) is 0 Å². The van der Waals surface area contributed by atoms with Gasteiger partial charge in [-0.15, -0.1) is 0 Å². The summed E-state index contributed by atoms with van der Waals surface area (Å²) in [7, 11) is 0.721. The molecular weight excluding hydrogens is 188 g/mol. The number of unbranched alkanes of at least 4 members (excludes halogenated alkanes) is 1. The van der Waals surface area contributed by atoms with Gasteiger partial charge in [-0.3, -0.25) is 0 Å². The van der Waals surface area contributed by atoms with Gasteiger partial charge < -0.3 is 24.7 Å². The number of rotatable bonds is 8. The van der Waals surface area contributed by atoms with Gasteiger partial charge in [0.25, 0.3) is 0 Å². The number of hydrogen-bond acceptors (Lipinski definition) is 5. The molecule has 0 saturated carbocycles. The van der Waals surface area contributed by atoms with Gasteiger partial charge >= 0.3 is 8.80 Å². The maximum atomic E-state index is 5.38. The summed E-state index contributed by atoms with van der Waals surface area (Å²) in [6.07, 6.45) is 1.90. The summed E-state index contributed by atoms with van der Waals surface area (Å²) in [5.74, 6) is 0. The van der Waals surface area contributed by atoms with Crippen LogP contribution in [-0.4, -0.2) is 36.3 Å². The van der Waals surface area contributed by atoms with Crippen LogP contribution in [0.3, 0.4) is 0 Å². The van der Waals surface area contributed by atoms with Gasteiger partial charge in [0.15, 0.2) is 0 Å². The van der Waals surface area contributed by atoms with Gasteiger partial charge in [0.1, 0.15) is 0 Å². The Bertz CT molecular complexity index is 122. The molecule has 80 valence electrons. The third-order valence-electron chi connectivity index (χ3n) is 1.86.